The van der Waals surface area contributed by atoms with Gasteiger partial charge >= 0.3 is 5.97 Å². The number of hydrogen-bond donors (Lipinski definition) is 1. The number of fused-ring (bicyclic) bond motifs is 1. The summed E-state index contributed by atoms with van der Waals surface area (Å²) in [6.07, 6.45) is 0.340. The first-order valence-corrected chi connectivity index (χ1v) is 7.88. The molecule has 1 atom stereocenters. The van der Waals surface area contributed by atoms with Crippen LogP contribution in [0.5, 0.6) is 5.75 Å². The van der Waals surface area contributed by atoms with Crippen molar-refractivity contribution in [2.24, 2.45) is 0 Å². The first-order chi connectivity index (χ1) is 11.4. The number of halogens is 1. The second kappa shape index (κ2) is 6.17. The van der Waals surface area contributed by atoms with Gasteiger partial charge in [-0.2, -0.15) is 0 Å². The number of nitrogens with zero attached hydrogens (tertiary/aromatic N) is 1. The third-order valence-electron chi connectivity index (χ3n) is 4.03. The number of carboxylic acids is 1. The maximum absolute atomic E-state index is 11.4. The Labute approximate surface area is 143 Å². The summed E-state index contributed by atoms with van der Waals surface area (Å²) in [6.45, 7) is 3.30. The van der Waals surface area contributed by atoms with Crippen LogP contribution in [-0.2, 0) is 4.79 Å². The Bertz CT molecular complexity index is 888. The van der Waals surface area contributed by atoms with Crippen LogP contribution in [0.25, 0.3) is 22.2 Å². The van der Waals surface area contributed by atoms with Crippen molar-refractivity contribution in [3.05, 3.63) is 47.5 Å². The molecule has 6 heteroatoms. The van der Waals surface area contributed by atoms with Gasteiger partial charge in [0.1, 0.15) is 11.4 Å². The highest BCUT2D eigenvalue weighted by Gasteiger charge is 2.33. The monoisotopic (exact) mass is 345 g/mol. The van der Waals surface area contributed by atoms with E-state index >= 15 is 0 Å². The van der Waals surface area contributed by atoms with E-state index < -0.39 is 11.6 Å². The summed E-state index contributed by atoms with van der Waals surface area (Å²) in [4.78, 5) is 11.4. The molecule has 0 amide bonds. The quantitative estimate of drug-likeness (QED) is 0.720. The number of aromatic nitrogens is 1. The largest absolute Gasteiger partial charge is 0.478 e. The summed E-state index contributed by atoms with van der Waals surface area (Å²) in [5, 5.41) is 14.9. The Balaban J connectivity index is 1.96. The molecule has 0 saturated carbocycles. The van der Waals surface area contributed by atoms with Crippen LogP contribution in [0.3, 0.4) is 0 Å². The Morgan fingerprint density at radius 3 is 2.62 bits per heavy atom. The van der Waals surface area contributed by atoms with Crippen LogP contribution in [0.4, 0.5) is 0 Å². The highest BCUT2D eigenvalue weighted by molar-refractivity contribution is 6.30. The fraction of sp³-hybridized carbons (Fsp3) is 0.222. The summed E-state index contributed by atoms with van der Waals surface area (Å²) >= 11 is 5.90. The minimum Gasteiger partial charge on any atom is -0.478 e. The number of aliphatic carboxylic acids is 1. The van der Waals surface area contributed by atoms with Crippen molar-refractivity contribution in [1.29, 1.82) is 0 Å². The van der Waals surface area contributed by atoms with Crippen LogP contribution in [0.1, 0.15) is 20.3 Å². The molecule has 1 unspecified atom stereocenters. The van der Waals surface area contributed by atoms with E-state index in [1.54, 1.807) is 38.1 Å². The van der Waals surface area contributed by atoms with Crippen molar-refractivity contribution in [3.63, 3.8) is 0 Å². The lowest BCUT2D eigenvalue weighted by atomic mass is 10.0. The molecule has 0 spiro atoms. The second-order valence-corrected chi connectivity index (χ2v) is 6.12. The molecule has 1 N–H and O–H groups in total. The lowest BCUT2D eigenvalue weighted by Crippen LogP contribution is -2.40. The molecule has 1 aromatic heterocycles. The molecule has 3 aromatic rings. The minimum atomic E-state index is -1.29. The topological polar surface area (TPSA) is 72.6 Å². The number of carboxylic acid groups (broad SMARTS) is 1. The zero-order valence-electron chi connectivity index (χ0n) is 13.2. The molecule has 0 saturated heterocycles. The lowest BCUT2D eigenvalue weighted by Gasteiger charge is -2.24. The first-order valence-electron chi connectivity index (χ1n) is 7.51. The molecule has 0 bridgehead atoms. The van der Waals surface area contributed by atoms with Gasteiger partial charge in [0.15, 0.2) is 5.58 Å². The van der Waals surface area contributed by atoms with E-state index in [2.05, 4.69) is 5.16 Å². The van der Waals surface area contributed by atoms with E-state index in [9.17, 15) is 9.90 Å². The zero-order valence-corrected chi connectivity index (χ0v) is 14.0. The molecule has 0 aliphatic rings. The summed E-state index contributed by atoms with van der Waals surface area (Å²) in [5.41, 5.74) is 0.828. The summed E-state index contributed by atoms with van der Waals surface area (Å²) in [7, 11) is 0. The van der Waals surface area contributed by atoms with Crippen LogP contribution in [-0.4, -0.2) is 21.8 Å². The number of rotatable bonds is 5. The predicted octanol–water partition coefficient (Wildman–Crippen LogP) is 4.78. The predicted molar refractivity (Wildman–Crippen MR) is 91.4 cm³/mol. The molecule has 24 heavy (non-hydrogen) atoms. The summed E-state index contributed by atoms with van der Waals surface area (Å²) < 4.78 is 11.0. The van der Waals surface area contributed by atoms with E-state index in [-0.39, 0.29) is 0 Å². The van der Waals surface area contributed by atoms with Crippen LogP contribution in [0, 0.1) is 0 Å². The van der Waals surface area contributed by atoms with Crippen LogP contribution >= 0.6 is 11.6 Å². The van der Waals surface area contributed by atoms with Crippen molar-refractivity contribution in [1.82, 2.24) is 5.16 Å². The fourth-order valence-corrected chi connectivity index (χ4v) is 2.45. The van der Waals surface area contributed by atoms with Crippen molar-refractivity contribution in [2.45, 2.75) is 25.9 Å². The van der Waals surface area contributed by atoms with Gasteiger partial charge in [0.2, 0.25) is 5.60 Å². The van der Waals surface area contributed by atoms with Crippen molar-refractivity contribution >= 4 is 28.5 Å². The van der Waals surface area contributed by atoms with Gasteiger partial charge in [-0.3, -0.25) is 0 Å². The first kappa shape index (κ1) is 16.3. The Morgan fingerprint density at radius 1 is 1.29 bits per heavy atom. The molecule has 124 valence electrons. The Morgan fingerprint density at radius 2 is 2.00 bits per heavy atom. The summed E-state index contributed by atoms with van der Waals surface area (Å²) in [5.74, 6) is -0.586. The average Bonchev–Trinajstić information content (AvgIpc) is 2.98. The maximum atomic E-state index is 11.4. The third-order valence-corrected chi connectivity index (χ3v) is 4.28. The Kier molecular flexibility index (Phi) is 4.20. The summed E-state index contributed by atoms with van der Waals surface area (Å²) in [6, 6.07) is 12.5. The number of carbonyl (C=O) groups is 1. The van der Waals surface area contributed by atoms with E-state index in [4.69, 9.17) is 20.9 Å². The maximum Gasteiger partial charge on any atom is 0.347 e. The van der Waals surface area contributed by atoms with Crippen LogP contribution in [0.15, 0.2) is 47.0 Å². The van der Waals surface area contributed by atoms with Gasteiger partial charge in [-0.15, -0.1) is 0 Å². The van der Waals surface area contributed by atoms with E-state index in [0.717, 1.165) is 10.9 Å². The van der Waals surface area contributed by atoms with Gasteiger partial charge in [-0.25, -0.2) is 4.79 Å². The molecule has 5 nitrogen and oxygen atoms in total. The van der Waals surface area contributed by atoms with Gasteiger partial charge in [-0.05, 0) is 37.6 Å². The molecule has 3 rings (SSSR count). The van der Waals surface area contributed by atoms with Gasteiger partial charge in [-0.1, -0.05) is 35.8 Å². The molecular weight excluding hydrogens is 330 g/mol. The molecule has 0 aliphatic carbocycles. The highest BCUT2D eigenvalue weighted by Crippen LogP contribution is 2.32. The number of hydrogen-bond acceptors (Lipinski definition) is 4. The Hall–Kier alpha value is -2.53. The second-order valence-electron chi connectivity index (χ2n) is 5.69. The molecule has 2 aromatic carbocycles. The lowest BCUT2D eigenvalue weighted by molar-refractivity contribution is -0.154. The highest BCUT2D eigenvalue weighted by atomic mass is 35.5. The van der Waals surface area contributed by atoms with Gasteiger partial charge < -0.3 is 14.4 Å². The van der Waals surface area contributed by atoms with Gasteiger partial charge in [0.05, 0.1) is 0 Å². The molecule has 0 fully saturated rings. The number of benzene rings is 2. The van der Waals surface area contributed by atoms with E-state index in [1.165, 1.54) is 0 Å². The van der Waals surface area contributed by atoms with Crippen molar-refractivity contribution < 1.29 is 19.2 Å². The van der Waals surface area contributed by atoms with Gasteiger partial charge in [0.25, 0.3) is 0 Å². The molecule has 1 heterocycles. The standard InChI is InChI=1S/C18H16ClNO4/c1-3-18(2,17(21)22)23-13-8-9-14-15(10-13)24-20-16(14)11-4-6-12(19)7-5-11/h4-10H,3H2,1-2H3,(H,21,22). The van der Waals surface area contributed by atoms with Crippen molar-refractivity contribution in [2.75, 3.05) is 0 Å². The normalized spacial score (nSPS) is 13.6. The van der Waals surface area contributed by atoms with Crippen LogP contribution in [0.2, 0.25) is 5.02 Å². The van der Waals surface area contributed by atoms with Gasteiger partial charge in [0, 0.05) is 22.0 Å². The minimum absolute atomic E-state index is 0.340. The SMILES string of the molecule is CCC(C)(Oc1ccc2c(-c3ccc(Cl)cc3)noc2c1)C(=O)O. The smallest absolute Gasteiger partial charge is 0.347 e. The molecule has 0 aliphatic heterocycles. The van der Waals surface area contributed by atoms with E-state index in [1.807, 2.05) is 18.2 Å². The average molecular weight is 346 g/mol. The zero-order chi connectivity index (χ0) is 17.3. The fourth-order valence-electron chi connectivity index (χ4n) is 2.32. The van der Waals surface area contributed by atoms with Crippen LogP contribution < -0.4 is 4.74 Å². The number of ether oxygens (including phenoxy) is 1. The third kappa shape index (κ3) is 2.95. The van der Waals surface area contributed by atoms with Crippen molar-refractivity contribution in [3.8, 4) is 17.0 Å². The molecule has 0 radical (unpaired) electrons. The molecular formula is C18H16ClNO4. The van der Waals surface area contributed by atoms with E-state index in [0.29, 0.717) is 28.5 Å².